The maximum absolute atomic E-state index is 12.9. The third-order valence-electron chi connectivity index (χ3n) is 5.63. The molecule has 1 saturated heterocycles. The van der Waals surface area contributed by atoms with Gasteiger partial charge in [-0.1, -0.05) is 35.9 Å². The fourth-order valence-corrected chi connectivity index (χ4v) is 4.95. The lowest BCUT2D eigenvalue weighted by Gasteiger charge is -2.33. The Bertz CT molecular complexity index is 1250. The number of sulfonamides is 1. The Morgan fingerprint density at radius 3 is 2.03 bits per heavy atom. The molecule has 2 heterocycles. The van der Waals surface area contributed by atoms with Crippen molar-refractivity contribution in [1.29, 1.82) is 0 Å². The Labute approximate surface area is 222 Å². The highest BCUT2D eigenvalue weighted by molar-refractivity contribution is 7.92. The standard InChI is InChI=1S/C25H25ClN3O3S.HI/c1-27-13-10-22(11-14-27)21-4-6-23(7-5-21)25(30)28-15-17-29(18-16-28)33(31,32)19-12-20-2-8-24(26)9-3-20;/h2-14,19H,15-18H2,1H3;1H/q+1;/p-1. The molecular weight excluding hydrogens is 585 g/mol. The number of rotatable bonds is 5. The second kappa shape index (κ2) is 11.4. The van der Waals surface area contributed by atoms with Crippen LogP contribution in [0.1, 0.15) is 15.9 Å². The van der Waals surface area contributed by atoms with Gasteiger partial charge in [0.1, 0.15) is 7.05 Å². The molecular formula is C25H25ClIN3O3S. The van der Waals surface area contributed by atoms with E-state index in [0.717, 1.165) is 16.7 Å². The van der Waals surface area contributed by atoms with Gasteiger partial charge in [-0.15, -0.1) is 0 Å². The second-order valence-corrected chi connectivity index (χ2v) is 10.2. The molecule has 1 aliphatic rings. The van der Waals surface area contributed by atoms with Crippen molar-refractivity contribution in [3.05, 3.63) is 94.6 Å². The minimum Gasteiger partial charge on any atom is -1.00 e. The van der Waals surface area contributed by atoms with Crippen LogP contribution in [0.25, 0.3) is 17.2 Å². The Hall–Kier alpha value is -2.27. The van der Waals surface area contributed by atoms with E-state index in [4.69, 9.17) is 11.6 Å². The van der Waals surface area contributed by atoms with E-state index in [0.29, 0.717) is 23.7 Å². The molecule has 3 aromatic rings. The molecule has 9 heteroatoms. The zero-order valence-electron chi connectivity index (χ0n) is 18.6. The van der Waals surface area contributed by atoms with Crippen LogP contribution in [-0.2, 0) is 17.1 Å². The number of benzene rings is 2. The van der Waals surface area contributed by atoms with Crippen LogP contribution >= 0.6 is 11.6 Å². The van der Waals surface area contributed by atoms with Gasteiger partial charge in [0, 0.05) is 54.3 Å². The Balaban J connectivity index is 0.00000324. The van der Waals surface area contributed by atoms with Gasteiger partial charge in [-0.2, -0.15) is 4.31 Å². The zero-order chi connectivity index (χ0) is 23.4. The minimum atomic E-state index is -3.56. The average Bonchev–Trinajstić information content (AvgIpc) is 2.84. The maximum Gasteiger partial charge on any atom is 0.253 e. The first-order valence-corrected chi connectivity index (χ1v) is 12.5. The quantitative estimate of drug-likeness (QED) is 0.315. The summed E-state index contributed by atoms with van der Waals surface area (Å²) in [4.78, 5) is 14.6. The van der Waals surface area contributed by atoms with Crippen molar-refractivity contribution in [3.63, 3.8) is 0 Å². The number of carbonyl (C=O) groups excluding carboxylic acids is 1. The fourth-order valence-electron chi connectivity index (χ4n) is 3.65. The number of aromatic nitrogens is 1. The van der Waals surface area contributed by atoms with Gasteiger partial charge >= 0.3 is 0 Å². The van der Waals surface area contributed by atoms with Gasteiger partial charge in [0.25, 0.3) is 5.91 Å². The lowest BCUT2D eigenvalue weighted by molar-refractivity contribution is -0.671. The van der Waals surface area contributed by atoms with Gasteiger partial charge in [-0.05, 0) is 47.0 Å². The fraction of sp³-hybridized carbons (Fsp3) is 0.200. The van der Waals surface area contributed by atoms with Crippen LogP contribution in [0.5, 0.6) is 0 Å². The topological polar surface area (TPSA) is 61.6 Å². The molecule has 0 atom stereocenters. The van der Waals surface area contributed by atoms with E-state index in [1.54, 1.807) is 35.2 Å². The first kappa shape index (κ1) is 26.3. The van der Waals surface area contributed by atoms with Crippen LogP contribution in [0, 0.1) is 0 Å². The van der Waals surface area contributed by atoms with Gasteiger partial charge in [-0.25, -0.2) is 13.0 Å². The number of hydrogen-bond donors (Lipinski definition) is 0. The molecule has 1 fully saturated rings. The molecule has 0 saturated carbocycles. The molecule has 178 valence electrons. The number of piperazine rings is 1. The highest BCUT2D eigenvalue weighted by Gasteiger charge is 2.27. The number of pyridine rings is 1. The summed E-state index contributed by atoms with van der Waals surface area (Å²) < 4.78 is 28.7. The smallest absolute Gasteiger partial charge is 0.253 e. The number of aryl methyl sites for hydroxylation is 1. The molecule has 4 rings (SSSR count). The SMILES string of the molecule is C[n+]1ccc(-c2ccc(C(=O)N3CCN(S(=O)(=O)C=Cc4ccc(Cl)cc4)CC3)cc2)cc1.[I-]. The van der Waals surface area contributed by atoms with E-state index < -0.39 is 10.0 Å². The molecule has 1 aliphatic heterocycles. The van der Waals surface area contributed by atoms with Crippen LogP contribution in [0.3, 0.4) is 0 Å². The monoisotopic (exact) mass is 609 g/mol. The van der Waals surface area contributed by atoms with Crippen LogP contribution in [-0.4, -0.2) is 49.7 Å². The highest BCUT2D eigenvalue weighted by atomic mass is 127. The summed E-state index contributed by atoms with van der Waals surface area (Å²) in [6.45, 7) is 1.23. The van der Waals surface area contributed by atoms with Gasteiger partial charge in [0.2, 0.25) is 10.0 Å². The summed E-state index contributed by atoms with van der Waals surface area (Å²) in [5, 5.41) is 1.80. The van der Waals surface area contributed by atoms with Crippen molar-refractivity contribution < 1.29 is 41.8 Å². The van der Waals surface area contributed by atoms with E-state index in [1.165, 1.54) is 9.71 Å². The first-order chi connectivity index (χ1) is 15.8. The predicted octanol–water partition coefficient (Wildman–Crippen LogP) is 0.594. The number of amides is 1. The molecule has 6 nitrogen and oxygen atoms in total. The molecule has 0 spiro atoms. The third-order valence-corrected chi connectivity index (χ3v) is 7.45. The molecule has 1 aromatic heterocycles. The normalized spacial score (nSPS) is 14.7. The first-order valence-electron chi connectivity index (χ1n) is 10.6. The van der Waals surface area contributed by atoms with Gasteiger partial charge in [0.15, 0.2) is 12.4 Å². The summed E-state index contributed by atoms with van der Waals surface area (Å²) >= 11 is 5.86. The Morgan fingerprint density at radius 2 is 1.44 bits per heavy atom. The predicted molar refractivity (Wildman–Crippen MR) is 130 cm³/mol. The number of carbonyl (C=O) groups is 1. The van der Waals surface area contributed by atoms with Crippen molar-refractivity contribution in [2.24, 2.45) is 7.05 Å². The highest BCUT2D eigenvalue weighted by Crippen LogP contribution is 2.20. The van der Waals surface area contributed by atoms with Gasteiger partial charge < -0.3 is 28.9 Å². The summed E-state index contributed by atoms with van der Waals surface area (Å²) in [6, 6.07) is 18.5. The molecule has 34 heavy (non-hydrogen) atoms. The third kappa shape index (κ3) is 6.44. The van der Waals surface area contributed by atoms with Crippen LogP contribution in [0.15, 0.2) is 78.5 Å². The minimum absolute atomic E-state index is 0. The van der Waals surface area contributed by atoms with Crippen molar-refractivity contribution >= 4 is 33.6 Å². The second-order valence-electron chi connectivity index (χ2n) is 7.92. The zero-order valence-corrected chi connectivity index (χ0v) is 22.4. The maximum atomic E-state index is 12.9. The Morgan fingerprint density at radius 1 is 0.882 bits per heavy atom. The van der Waals surface area contributed by atoms with Crippen LogP contribution in [0.2, 0.25) is 5.02 Å². The summed E-state index contributed by atoms with van der Waals surface area (Å²) in [6.07, 6.45) is 5.51. The number of halogens is 2. The van der Waals surface area contributed by atoms with Crippen molar-refractivity contribution in [3.8, 4) is 11.1 Å². The van der Waals surface area contributed by atoms with E-state index in [-0.39, 0.29) is 43.0 Å². The summed E-state index contributed by atoms with van der Waals surface area (Å²) in [7, 11) is -1.60. The lowest BCUT2D eigenvalue weighted by Crippen LogP contribution is -3.00. The molecule has 2 aromatic carbocycles. The molecule has 1 amide bonds. The van der Waals surface area contributed by atoms with E-state index in [9.17, 15) is 13.2 Å². The molecule has 0 aliphatic carbocycles. The van der Waals surface area contributed by atoms with E-state index >= 15 is 0 Å². The number of nitrogens with zero attached hydrogens (tertiary/aromatic N) is 3. The van der Waals surface area contributed by atoms with Crippen molar-refractivity contribution in [2.45, 2.75) is 0 Å². The van der Waals surface area contributed by atoms with Crippen LogP contribution in [0.4, 0.5) is 0 Å². The largest absolute Gasteiger partial charge is 1.00 e. The molecule has 0 bridgehead atoms. The number of hydrogen-bond acceptors (Lipinski definition) is 3. The van der Waals surface area contributed by atoms with Crippen molar-refractivity contribution in [1.82, 2.24) is 9.21 Å². The van der Waals surface area contributed by atoms with Crippen LogP contribution < -0.4 is 28.5 Å². The van der Waals surface area contributed by atoms with E-state index in [2.05, 4.69) is 0 Å². The molecule has 0 N–H and O–H groups in total. The van der Waals surface area contributed by atoms with E-state index in [1.807, 2.05) is 60.4 Å². The van der Waals surface area contributed by atoms with Crippen molar-refractivity contribution in [2.75, 3.05) is 26.2 Å². The lowest BCUT2D eigenvalue weighted by atomic mass is 10.0. The average molecular weight is 610 g/mol. The molecule has 0 unspecified atom stereocenters. The molecule has 0 radical (unpaired) electrons. The summed E-state index contributed by atoms with van der Waals surface area (Å²) in [5.74, 6) is -0.0882. The summed E-state index contributed by atoms with van der Waals surface area (Å²) in [5.41, 5.74) is 3.47. The Kier molecular flexibility index (Phi) is 8.86. The van der Waals surface area contributed by atoms with Gasteiger partial charge in [-0.3, -0.25) is 4.79 Å². The van der Waals surface area contributed by atoms with Gasteiger partial charge in [0.05, 0.1) is 0 Å².